The van der Waals surface area contributed by atoms with Crippen LogP contribution in [0.25, 0.3) is 10.6 Å². The second-order valence-corrected chi connectivity index (χ2v) is 6.63. The van der Waals surface area contributed by atoms with Crippen LogP contribution in [0.1, 0.15) is 15.9 Å². The fraction of sp³-hybridized carbons (Fsp3) is 0.211. The van der Waals surface area contributed by atoms with E-state index in [4.69, 9.17) is 14.2 Å². The second-order valence-electron chi connectivity index (χ2n) is 5.65. The third-order valence-corrected chi connectivity index (χ3v) is 4.73. The summed E-state index contributed by atoms with van der Waals surface area (Å²) in [5, 5.41) is 12.1. The van der Waals surface area contributed by atoms with E-state index in [1.54, 1.807) is 12.1 Å². The number of aromatic nitrogens is 2. The van der Waals surface area contributed by atoms with Crippen molar-refractivity contribution in [1.29, 1.82) is 0 Å². The Morgan fingerprint density at radius 2 is 1.70 bits per heavy atom. The molecule has 0 aliphatic heterocycles. The first kappa shape index (κ1) is 18.7. The van der Waals surface area contributed by atoms with Gasteiger partial charge in [0.1, 0.15) is 5.01 Å². The van der Waals surface area contributed by atoms with Gasteiger partial charge in [0.25, 0.3) is 5.91 Å². The molecule has 0 spiro atoms. The zero-order valence-corrected chi connectivity index (χ0v) is 16.2. The smallest absolute Gasteiger partial charge is 0.257 e. The summed E-state index contributed by atoms with van der Waals surface area (Å²) in [5.74, 6) is 0.884. The van der Waals surface area contributed by atoms with Crippen LogP contribution in [-0.2, 0) is 0 Å². The van der Waals surface area contributed by atoms with Crippen molar-refractivity contribution in [1.82, 2.24) is 10.2 Å². The Hall–Kier alpha value is -3.13. The van der Waals surface area contributed by atoms with Gasteiger partial charge in [-0.25, -0.2) is 0 Å². The van der Waals surface area contributed by atoms with Crippen molar-refractivity contribution in [2.75, 3.05) is 26.6 Å². The molecule has 0 fully saturated rings. The molecule has 140 valence electrons. The molecule has 0 radical (unpaired) electrons. The molecule has 2 aromatic carbocycles. The van der Waals surface area contributed by atoms with Crippen LogP contribution in [0.2, 0.25) is 0 Å². The van der Waals surface area contributed by atoms with Gasteiger partial charge in [0.05, 0.1) is 21.3 Å². The number of anilines is 1. The van der Waals surface area contributed by atoms with Crippen molar-refractivity contribution in [3.05, 3.63) is 47.5 Å². The van der Waals surface area contributed by atoms with E-state index in [2.05, 4.69) is 15.5 Å². The number of hydrogen-bond donors (Lipinski definition) is 1. The van der Waals surface area contributed by atoms with Crippen LogP contribution in [0.15, 0.2) is 36.4 Å². The molecule has 3 rings (SSSR count). The summed E-state index contributed by atoms with van der Waals surface area (Å²) in [6, 6.07) is 11.1. The number of methoxy groups -OCH3 is 3. The number of aryl methyl sites for hydroxylation is 1. The summed E-state index contributed by atoms with van der Waals surface area (Å²) in [6.45, 7) is 2.01. The maximum absolute atomic E-state index is 12.6. The molecular weight excluding hydrogens is 366 g/mol. The Labute approximate surface area is 160 Å². The monoisotopic (exact) mass is 385 g/mol. The van der Waals surface area contributed by atoms with Crippen LogP contribution in [0.3, 0.4) is 0 Å². The number of rotatable bonds is 6. The largest absolute Gasteiger partial charge is 0.493 e. The van der Waals surface area contributed by atoms with Gasteiger partial charge in [-0.1, -0.05) is 35.1 Å². The molecule has 27 heavy (non-hydrogen) atoms. The minimum absolute atomic E-state index is 0.346. The minimum atomic E-state index is -0.346. The Morgan fingerprint density at radius 3 is 2.30 bits per heavy atom. The van der Waals surface area contributed by atoms with Crippen molar-refractivity contribution in [3.8, 4) is 27.8 Å². The normalized spacial score (nSPS) is 10.4. The van der Waals surface area contributed by atoms with E-state index in [9.17, 15) is 4.79 Å². The van der Waals surface area contributed by atoms with Crippen molar-refractivity contribution in [3.63, 3.8) is 0 Å². The van der Waals surface area contributed by atoms with Crippen molar-refractivity contribution in [2.45, 2.75) is 6.92 Å². The molecule has 8 heteroatoms. The SMILES string of the molecule is COc1cc(C(=O)Nc2nnc(-c3cccc(C)c3)s2)cc(OC)c1OC. The highest BCUT2D eigenvalue weighted by Crippen LogP contribution is 2.38. The maximum Gasteiger partial charge on any atom is 0.257 e. The van der Waals surface area contributed by atoms with E-state index in [-0.39, 0.29) is 5.91 Å². The summed E-state index contributed by atoms with van der Waals surface area (Å²) in [4.78, 5) is 12.6. The molecular formula is C19H19N3O4S. The summed E-state index contributed by atoms with van der Waals surface area (Å²) in [7, 11) is 4.50. The third-order valence-electron chi connectivity index (χ3n) is 3.84. The number of carbonyl (C=O) groups excluding carboxylic acids is 1. The maximum atomic E-state index is 12.6. The van der Waals surface area contributed by atoms with Crippen LogP contribution < -0.4 is 19.5 Å². The van der Waals surface area contributed by atoms with Gasteiger partial charge < -0.3 is 14.2 Å². The van der Waals surface area contributed by atoms with Crippen molar-refractivity contribution < 1.29 is 19.0 Å². The molecule has 1 N–H and O–H groups in total. The van der Waals surface area contributed by atoms with E-state index >= 15 is 0 Å². The van der Waals surface area contributed by atoms with E-state index < -0.39 is 0 Å². The first-order valence-corrected chi connectivity index (χ1v) is 8.89. The van der Waals surface area contributed by atoms with E-state index in [0.29, 0.717) is 27.9 Å². The number of ether oxygens (including phenoxy) is 3. The molecule has 0 aliphatic carbocycles. The minimum Gasteiger partial charge on any atom is -0.493 e. The van der Waals surface area contributed by atoms with Gasteiger partial charge in [0.2, 0.25) is 10.9 Å². The summed E-state index contributed by atoms with van der Waals surface area (Å²) >= 11 is 1.30. The standard InChI is InChI=1S/C19H19N3O4S/c1-11-6-5-7-12(8-11)18-21-22-19(27-18)20-17(23)13-9-14(24-2)16(26-4)15(10-13)25-3/h5-10H,1-4H3,(H,20,22,23). The predicted molar refractivity (Wildman–Crippen MR) is 104 cm³/mol. The van der Waals surface area contributed by atoms with Gasteiger partial charge >= 0.3 is 0 Å². The molecule has 0 bridgehead atoms. The lowest BCUT2D eigenvalue weighted by Crippen LogP contribution is -2.12. The first-order chi connectivity index (χ1) is 13.0. The number of carbonyl (C=O) groups is 1. The first-order valence-electron chi connectivity index (χ1n) is 8.07. The Balaban J connectivity index is 1.84. The van der Waals surface area contributed by atoms with Crippen LogP contribution in [0.5, 0.6) is 17.2 Å². The van der Waals surface area contributed by atoms with Gasteiger partial charge in [-0.05, 0) is 25.1 Å². The molecule has 0 saturated heterocycles. The predicted octanol–water partition coefficient (Wildman–Crippen LogP) is 3.79. The lowest BCUT2D eigenvalue weighted by atomic mass is 10.1. The number of amides is 1. The van der Waals surface area contributed by atoms with Crippen LogP contribution >= 0.6 is 11.3 Å². The number of benzene rings is 2. The summed E-state index contributed by atoms with van der Waals surface area (Å²) < 4.78 is 15.8. The van der Waals surface area contributed by atoms with Crippen molar-refractivity contribution in [2.24, 2.45) is 0 Å². The number of nitrogens with one attached hydrogen (secondary N) is 1. The van der Waals surface area contributed by atoms with E-state index in [1.165, 1.54) is 32.7 Å². The number of hydrogen-bond acceptors (Lipinski definition) is 7. The average molecular weight is 385 g/mol. The fourth-order valence-corrected chi connectivity index (χ4v) is 3.28. The fourth-order valence-electron chi connectivity index (χ4n) is 2.55. The Morgan fingerprint density at radius 1 is 1.00 bits per heavy atom. The summed E-state index contributed by atoms with van der Waals surface area (Å²) in [5.41, 5.74) is 2.45. The quantitative estimate of drug-likeness (QED) is 0.695. The lowest BCUT2D eigenvalue weighted by Gasteiger charge is -2.13. The third kappa shape index (κ3) is 4.01. The van der Waals surface area contributed by atoms with Gasteiger partial charge in [-0.3, -0.25) is 10.1 Å². The van der Waals surface area contributed by atoms with Crippen LogP contribution in [-0.4, -0.2) is 37.4 Å². The highest BCUT2D eigenvalue weighted by molar-refractivity contribution is 7.18. The second kappa shape index (κ2) is 8.05. The molecule has 0 saturated carbocycles. The molecule has 1 amide bonds. The average Bonchev–Trinajstić information content (AvgIpc) is 3.15. The topological polar surface area (TPSA) is 82.6 Å². The molecule has 3 aromatic rings. The van der Waals surface area contributed by atoms with Gasteiger partial charge in [-0.2, -0.15) is 0 Å². The molecule has 1 heterocycles. The summed E-state index contributed by atoms with van der Waals surface area (Å²) in [6.07, 6.45) is 0. The highest BCUT2D eigenvalue weighted by atomic mass is 32.1. The highest BCUT2D eigenvalue weighted by Gasteiger charge is 2.18. The van der Waals surface area contributed by atoms with Gasteiger partial charge in [0, 0.05) is 11.1 Å². The van der Waals surface area contributed by atoms with Gasteiger partial charge in [0.15, 0.2) is 11.5 Å². The lowest BCUT2D eigenvalue weighted by molar-refractivity contribution is 0.102. The Bertz CT molecular complexity index is 946. The molecule has 0 atom stereocenters. The Kier molecular flexibility index (Phi) is 5.56. The van der Waals surface area contributed by atoms with E-state index in [1.807, 2.05) is 31.2 Å². The molecule has 0 aliphatic rings. The molecule has 1 aromatic heterocycles. The zero-order chi connectivity index (χ0) is 19.4. The van der Waals surface area contributed by atoms with Crippen LogP contribution in [0.4, 0.5) is 5.13 Å². The molecule has 0 unspecified atom stereocenters. The number of nitrogens with zero attached hydrogens (tertiary/aromatic N) is 2. The van der Waals surface area contributed by atoms with E-state index in [0.717, 1.165) is 16.1 Å². The van der Waals surface area contributed by atoms with Crippen LogP contribution in [0, 0.1) is 6.92 Å². The van der Waals surface area contributed by atoms with Crippen molar-refractivity contribution >= 4 is 22.4 Å². The molecule has 7 nitrogen and oxygen atoms in total. The zero-order valence-electron chi connectivity index (χ0n) is 15.4. The van der Waals surface area contributed by atoms with Gasteiger partial charge in [-0.15, -0.1) is 10.2 Å².